The molecule has 2 atom stereocenters. The van der Waals surface area contributed by atoms with Crippen molar-refractivity contribution in [3.05, 3.63) is 0 Å². The Labute approximate surface area is 115 Å². The van der Waals surface area contributed by atoms with Gasteiger partial charge in [0.2, 0.25) is 0 Å². The van der Waals surface area contributed by atoms with Crippen LogP contribution in [0.4, 0.5) is 0 Å². The van der Waals surface area contributed by atoms with Gasteiger partial charge >= 0.3 is 0 Å². The number of rotatable bonds is 8. The molecule has 0 aromatic carbocycles. The van der Waals surface area contributed by atoms with Crippen LogP contribution in [0, 0.1) is 5.41 Å². The van der Waals surface area contributed by atoms with Crippen molar-refractivity contribution in [2.75, 3.05) is 26.2 Å². The van der Waals surface area contributed by atoms with E-state index in [0.717, 1.165) is 12.6 Å². The maximum Gasteiger partial charge on any atom is 0.00671 e. The van der Waals surface area contributed by atoms with Crippen molar-refractivity contribution in [1.29, 1.82) is 0 Å². The van der Waals surface area contributed by atoms with Crippen LogP contribution in [0.2, 0.25) is 0 Å². The molecule has 108 valence electrons. The number of nitrogens with zero attached hydrogens (tertiary/aromatic N) is 1. The Morgan fingerprint density at radius 3 is 2.61 bits per heavy atom. The van der Waals surface area contributed by atoms with Crippen LogP contribution in [0.15, 0.2) is 0 Å². The molecular formula is C16H34N2. The third kappa shape index (κ3) is 5.27. The van der Waals surface area contributed by atoms with Crippen molar-refractivity contribution < 1.29 is 0 Å². The van der Waals surface area contributed by atoms with Gasteiger partial charge in [0.15, 0.2) is 0 Å². The minimum Gasteiger partial charge on any atom is -0.316 e. The average molecular weight is 254 g/mol. The molecule has 0 radical (unpaired) electrons. The van der Waals surface area contributed by atoms with Crippen molar-refractivity contribution >= 4 is 0 Å². The van der Waals surface area contributed by atoms with Gasteiger partial charge in [0.05, 0.1) is 0 Å². The topological polar surface area (TPSA) is 15.3 Å². The van der Waals surface area contributed by atoms with Gasteiger partial charge < -0.3 is 10.2 Å². The molecule has 1 fully saturated rings. The van der Waals surface area contributed by atoms with Crippen LogP contribution in [0.1, 0.15) is 66.2 Å². The lowest BCUT2D eigenvalue weighted by Crippen LogP contribution is -2.47. The summed E-state index contributed by atoms with van der Waals surface area (Å²) < 4.78 is 0. The summed E-state index contributed by atoms with van der Waals surface area (Å²) in [4.78, 5) is 2.73. The Morgan fingerprint density at radius 1 is 1.22 bits per heavy atom. The zero-order chi connectivity index (χ0) is 13.4. The first-order chi connectivity index (χ1) is 8.61. The van der Waals surface area contributed by atoms with E-state index in [0.29, 0.717) is 5.41 Å². The van der Waals surface area contributed by atoms with Crippen LogP contribution < -0.4 is 5.32 Å². The zero-order valence-corrected chi connectivity index (χ0v) is 13.1. The van der Waals surface area contributed by atoms with Gasteiger partial charge in [-0.05, 0) is 51.1 Å². The van der Waals surface area contributed by atoms with Crippen LogP contribution >= 0.6 is 0 Å². The van der Waals surface area contributed by atoms with Gasteiger partial charge in [0.1, 0.15) is 0 Å². The van der Waals surface area contributed by atoms with E-state index in [-0.39, 0.29) is 0 Å². The van der Waals surface area contributed by atoms with E-state index in [1.54, 1.807) is 0 Å². The van der Waals surface area contributed by atoms with Crippen molar-refractivity contribution in [3.8, 4) is 0 Å². The molecule has 1 aliphatic rings. The molecule has 0 amide bonds. The van der Waals surface area contributed by atoms with E-state index in [1.807, 2.05) is 0 Å². The number of nitrogens with one attached hydrogen (secondary N) is 1. The summed E-state index contributed by atoms with van der Waals surface area (Å²) in [6.07, 6.45) is 8.09. The van der Waals surface area contributed by atoms with E-state index in [2.05, 4.69) is 37.9 Å². The van der Waals surface area contributed by atoms with Crippen molar-refractivity contribution in [2.24, 2.45) is 5.41 Å². The van der Waals surface area contributed by atoms with Gasteiger partial charge in [0.25, 0.3) is 0 Å². The molecule has 18 heavy (non-hydrogen) atoms. The molecular weight excluding hydrogens is 220 g/mol. The van der Waals surface area contributed by atoms with E-state index in [1.165, 1.54) is 58.2 Å². The van der Waals surface area contributed by atoms with Crippen LogP contribution in [-0.2, 0) is 0 Å². The predicted octanol–water partition coefficient (Wildman–Crippen LogP) is 3.67. The molecule has 0 aliphatic carbocycles. The number of hydrogen-bond acceptors (Lipinski definition) is 2. The van der Waals surface area contributed by atoms with Crippen LogP contribution in [0.5, 0.6) is 0 Å². The molecule has 1 rings (SSSR count). The molecule has 1 aliphatic heterocycles. The molecule has 1 saturated heterocycles. The van der Waals surface area contributed by atoms with Crippen LogP contribution in [0.25, 0.3) is 0 Å². The fourth-order valence-corrected chi connectivity index (χ4v) is 3.28. The molecule has 0 aromatic heterocycles. The summed E-state index contributed by atoms with van der Waals surface area (Å²) in [5.74, 6) is 0. The van der Waals surface area contributed by atoms with Crippen molar-refractivity contribution in [2.45, 2.75) is 72.3 Å². The van der Waals surface area contributed by atoms with Gasteiger partial charge in [-0.1, -0.05) is 33.6 Å². The highest BCUT2D eigenvalue weighted by atomic mass is 15.2. The normalized spacial score (nSPS) is 25.0. The van der Waals surface area contributed by atoms with E-state index in [9.17, 15) is 0 Å². The third-order valence-corrected chi connectivity index (χ3v) is 4.36. The summed E-state index contributed by atoms with van der Waals surface area (Å²) in [5.41, 5.74) is 0.454. The minimum atomic E-state index is 0.454. The molecule has 1 N–H and O–H groups in total. The van der Waals surface area contributed by atoms with Gasteiger partial charge in [-0.2, -0.15) is 0 Å². The molecule has 2 unspecified atom stereocenters. The monoisotopic (exact) mass is 254 g/mol. The molecule has 0 aromatic rings. The first-order valence-corrected chi connectivity index (χ1v) is 8.06. The van der Waals surface area contributed by atoms with E-state index < -0.39 is 0 Å². The van der Waals surface area contributed by atoms with Gasteiger partial charge in [-0.15, -0.1) is 0 Å². The van der Waals surface area contributed by atoms with Gasteiger partial charge in [-0.3, -0.25) is 0 Å². The largest absolute Gasteiger partial charge is 0.316 e. The number of hydrogen-bond donors (Lipinski definition) is 1. The molecule has 2 heteroatoms. The van der Waals surface area contributed by atoms with Gasteiger partial charge in [0, 0.05) is 19.1 Å². The highest BCUT2D eigenvalue weighted by Gasteiger charge is 2.29. The smallest absolute Gasteiger partial charge is 0.00671 e. The first kappa shape index (κ1) is 16.0. The zero-order valence-electron chi connectivity index (χ0n) is 13.1. The SMILES string of the molecule is CCCNCC(C)(CCC)CN1CCCCC1C. The first-order valence-electron chi connectivity index (χ1n) is 8.06. The Kier molecular flexibility index (Phi) is 7.25. The summed E-state index contributed by atoms with van der Waals surface area (Å²) >= 11 is 0. The predicted molar refractivity (Wildman–Crippen MR) is 81.1 cm³/mol. The number of piperidine rings is 1. The average Bonchev–Trinajstić information content (AvgIpc) is 2.33. The summed E-state index contributed by atoms with van der Waals surface area (Å²) in [6.45, 7) is 14.4. The van der Waals surface area contributed by atoms with Crippen molar-refractivity contribution in [3.63, 3.8) is 0 Å². The summed E-state index contributed by atoms with van der Waals surface area (Å²) in [7, 11) is 0. The quantitative estimate of drug-likeness (QED) is 0.665. The summed E-state index contributed by atoms with van der Waals surface area (Å²) in [6, 6.07) is 0.793. The molecule has 2 nitrogen and oxygen atoms in total. The Hall–Kier alpha value is -0.0800. The molecule has 0 bridgehead atoms. The Morgan fingerprint density at radius 2 is 2.00 bits per heavy atom. The maximum atomic E-state index is 3.64. The number of likely N-dealkylation sites (tertiary alicyclic amines) is 1. The lowest BCUT2D eigenvalue weighted by Gasteiger charge is -2.41. The fourth-order valence-electron chi connectivity index (χ4n) is 3.28. The molecule has 1 heterocycles. The van der Waals surface area contributed by atoms with Crippen LogP contribution in [0.3, 0.4) is 0 Å². The van der Waals surface area contributed by atoms with Crippen LogP contribution in [-0.4, -0.2) is 37.1 Å². The second-order valence-electron chi connectivity index (χ2n) is 6.55. The highest BCUT2D eigenvalue weighted by molar-refractivity contribution is 4.84. The fraction of sp³-hybridized carbons (Fsp3) is 1.00. The lowest BCUT2D eigenvalue weighted by atomic mass is 9.83. The van der Waals surface area contributed by atoms with Gasteiger partial charge in [-0.25, -0.2) is 0 Å². The standard InChI is InChI=1S/C16H34N2/c1-5-10-16(4,13-17-11-6-2)14-18-12-8-7-9-15(18)3/h15,17H,5-14H2,1-4H3. The molecule has 0 saturated carbocycles. The lowest BCUT2D eigenvalue weighted by molar-refractivity contribution is 0.0900. The van der Waals surface area contributed by atoms with E-state index in [4.69, 9.17) is 0 Å². The Balaban J connectivity index is 2.48. The third-order valence-electron chi connectivity index (χ3n) is 4.36. The highest BCUT2D eigenvalue weighted by Crippen LogP contribution is 2.27. The molecule has 0 spiro atoms. The Bertz CT molecular complexity index is 217. The van der Waals surface area contributed by atoms with Crippen molar-refractivity contribution in [1.82, 2.24) is 10.2 Å². The minimum absolute atomic E-state index is 0.454. The van der Waals surface area contributed by atoms with E-state index >= 15 is 0 Å². The summed E-state index contributed by atoms with van der Waals surface area (Å²) in [5, 5.41) is 3.64. The maximum absolute atomic E-state index is 3.64. The second-order valence-corrected chi connectivity index (χ2v) is 6.55. The second kappa shape index (κ2) is 8.16.